The van der Waals surface area contributed by atoms with Crippen LogP contribution < -0.4 is 10.1 Å². The van der Waals surface area contributed by atoms with Gasteiger partial charge in [-0.15, -0.1) is 10.2 Å². The molecule has 0 saturated carbocycles. The topological polar surface area (TPSA) is 101 Å². The number of ether oxygens (including phenoxy) is 1. The van der Waals surface area contributed by atoms with Gasteiger partial charge in [0.1, 0.15) is 5.75 Å². The predicted molar refractivity (Wildman–Crippen MR) is 134 cm³/mol. The number of nitrogens with one attached hydrogen (secondary N) is 1. The van der Waals surface area contributed by atoms with E-state index in [2.05, 4.69) is 27.6 Å². The van der Waals surface area contributed by atoms with Gasteiger partial charge in [0.15, 0.2) is 4.34 Å². The van der Waals surface area contributed by atoms with Crippen molar-refractivity contribution in [1.82, 2.24) is 14.5 Å². The van der Waals surface area contributed by atoms with Gasteiger partial charge in [-0.05, 0) is 48.6 Å². The molecule has 0 spiro atoms. The number of sulfonamides is 1. The fourth-order valence-corrected chi connectivity index (χ4v) is 6.95. The normalized spacial score (nSPS) is 14.3. The number of aromatic nitrogens is 2. The maximum absolute atomic E-state index is 12.9. The molecule has 0 aliphatic carbocycles. The summed E-state index contributed by atoms with van der Waals surface area (Å²) < 4.78 is 33.5. The van der Waals surface area contributed by atoms with Crippen molar-refractivity contribution >= 4 is 44.2 Å². The number of amides is 1. The number of hydrogen-bond donors (Lipinski definition) is 1. The molecule has 0 radical (unpaired) electrons. The summed E-state index contributed by atoms with van der Waals surface area (Å²) >= 11 is 2.90. The minimum atomic E-state index is -3.54. The molecule has 34 heavy (non-hydrogen) atoms. The van der Waals surface area contributed by atoms with Gasteiger partial charge in [-0.25, -0.2) is 8.42 Å². The molecule has 1 aliphatic heterocycles. The van der Waals surface area contributed by atoms with Crippen LogP contribution in [0.3, 0.4) is 0 Å². The van der Waals surface area contributed by atoms with Gasteiger partial charge < -0.3 is 10.1 Å². The molecule has 2 heterocycles. The number of methoxy groups -OCH3 is 1. The van der Waals surface area contributed by atoms with Crippen LogP contribution in [0.25, 0.3) is 0 Å². The van der Waals surface area contributed by atoms with Crippen molar-refractivity contribution in [1.29, 1.82) is 0 Å². The van der Waals surface area contributed by atoms with Crippen molar-refractivity contribution in [3.63, 3.8) is 0 Å². The Morgan fingerprint density at radius 2 is 1.91 bits per heavy atom. The van der Waals surface area contributed by atoms with Gasteiger partial charge in [-0.1, -0.05) is 53.4 Å². The quantitative estimate of drug-likeness (QED) is 0.317. The summed E-state index contributed by atoms with van der Waals surface area (Å²) in [4.78, 5) is 12.7. The molecule has 2 aromatic carbocycles. The highest BCUT2D eigenvalue weighted by Gasteiger charge is 2.27. The molecule has 0 atom stereocenters. The van der Waals surface area contributed by atoms with Crippen molar-refractivity contribution in [3.8, 4) is 5.75 Å². The van der Waals surface area contributed by atoms with Crippen LogP contribution in [-0.2, 0) is 27.0 Å². The van der Waals surface area contributed by atoms with Crippen LogP contribution in [0, 0.1) is 0 Å². The molecule has 11 heteroatoms. The SMILES string of the molecule is COc1ccc(S(=O)(=O)N2CCCC2)cc1CCC(=O)Nc1nnc(SCc2ccccc2)s1. The highest BCUT2D eigenvalue weighted by molar-refractivity contribution is 8.00. The summed E-state index contributed by atoms with van der Waals surface area (Å²) in [5, 5.41) is 11.4. The highest BCUT2D eigenvalue weighted by Crippen LogP contribution is 2.29. The van der Waals surface area contributed by atoms with Crippen LogP contribution in [-0.4, -0.2) is 49.0 Å². The first kappa shape index (κ1) is 24.6. The van der Waals surface area contributed by atoms with E-state index in [9.17, 15) is 13.2 Å². The van der Waals surface area contributed by atoms with Gasteiger partial charge in [0.2, 0.25) is 21.1 Å². The molecule has 3 aromatic rings. The first-order valence-electron chi connectivity index (χ1n) is 10.9. The van der Waals surface area contributed by atoms with E-state index in [0.29, 0.717) is 36.0 Å². The molecule has 180 valence electrons. The largest absolute Gasteiger partial charge is 0.496 e. The van der Waals surface area contributed by atoms with E-state index in [1.807, 2.05) is 18.2 Å². The summed E-state index contributed by atoms with van der Waals surface area (Å²) in [6.07, 6.45) is 2.25. The maximum Gasteiger partial charge on any atom is 0.243 e. The Balaban J connectivity index is 1.35. The van der Waals surface area contributed by atoms with Crippen LogP contribution in [0.2, 0.25) is 0 Å². The molecule has 1 N–H and O–H groups in total. The van der Waals surface area contributed by atoms with E-state index in [4.69, 9.17) is 4.74 Å². The molecular weight excluding hydrogens is 492 g/mol. The lowest BCUT2D eigenvalue weighted by Crippen LogP contribution is -2.28. The lowest BCUT2D eigenvalue weighted by Gasteiger charge is -2.17. The van der Waals surface area contributed by atoms with Gasteiger partial charge >= 0.3 is 0 Å². The molecule has 0 unspecified atom stereocenters. The lowest BCUT2D eigenvalue weighted by molar-refractivity contribution is -0.116. The number of carbonyl (C=O) groups is 1. The van der Waals surface area contributed by atoms with Crippen LogP contribution >= 0.6 is 23.1 Å². The van der Waals surface area contributed by atoms with Gasteiger partial charge in [0, 0.05) is 25.3 Å². The summed E-state index contributed by atoms with van der Waals surface area (Å²) in [6.45, 7) is 1.08. The standard InChI is InChI=1S/C23H26N4O4S3/c1-31-20-11-10-19(34(29,30)27-13-5-6-14-27)15-18(20)9-12-21(28)24-22-25-26-23(33-22)32-16-17-7-3-2-4-8-17/h2-4,7-8,10-11,15H,5-6,9,12-14,16H2,1H3,(H,24,25,28). The number of rotatable bonds is 10. The zero-order valence-electron chi connectivity index (χ0n) is 18.8. The predicted octanol–water partition coefficient (Wildman–Crippen LogP) is 4.19. The van der Waals surface area contributed by atoms with Gasteiger partial charge in [0.05, 0.1) is 12.0 Å². The molecule has 4 rings (SSSR count). The van der Waals surface area contributed by atoms with Gasteiger partial charge in [0.25, 0.3) is 0 Å². The minimum absolute atomic E-state index is 0.162. The number of thioether (sulfide) groups is 1. The number of carbonyl (C=O) groups excluding carboxylic acids is 1. The van der Waals surface area contributed by atoms with Crippen molar-refractivity contribution in [2.24, 2.45) is 0 Å². The number of nitrogens with zero attached hydrogens (tertiary/aromatic N) is 3. The Labute approximate surface area is 207 Å². The fraction of sp³-hybridized carbons (Fsp3) is 0.348. The van der Waals surface area contributed by atoms with Crippen LogP contribution in [0.1, 0.15) is 30.4 Å². The monoisotopic (exact) mass is 518 g/mol. The molecule has 1 aliphatic rings. The smallest absolute Gasteiger partial charge is 0.243 e. The number of hydrogen-bond acceptors (Lipinski definition) is 8. The summed E-state index contributed by atoms with van der Waals surface area (Å²) in [7, 11) is -2.01. The average Bonchev–Trinajstić information content (AvgIpc) is 3.55. The zero-order valence-corrected chi connectivity index (χ0v) is 21.2. The Bertz CT molecular complexity index is 1230. The Hall–Kier alpha value is -2.47. The van der Waals surface area contributed by atoms with Crippen LogP contribution in [0.4, 0.5) is 5.13 Å². The average molecular weight is 519 g/mol. The molecule has 1 saturated heterocycles. The molecule has 1 fully saturated rings. The number of aryl methyl sites for hydroxylation is 1. The van der Waals surface area contributed by atoms with E-state index < -0.39 is 10.0 Å². The molecule has 8 nitrogen and oxygen atoms in total. The highest BCUT2D eigenvalue weighted by atomic mass is 32.2. The van der Waals surface area contributed by atoms with Crippen molar-refractivity contribution in [2.45, 2.75) is 40.7 Å². The fourth-order valence-electron chi connectivity index (χ4n) is 3.66. The molecular formula is C23H26N4O4S3. The molecule has 1 aromatic heterocycles. The van der Waals surface area contributed by atoms with E-state index in [0.717, 1.165) is 22.9 Å². The Kier molecular flexibility index (Phi) is 8.19. The van der Waals surface area contributed by atoms with E-state index in [1.54, 1.807) is 30.0 Å². The first-order valence-corrected chi connectivity index (χ1v) is 14.2. The molecule has 1 amide bonds. The molecule has 0 bridgehead atoms. The summed E-state index contributed by atoms with van der Waals surface area (Å²) in [5.74, 6) is 1.12. The third-order valence-electron chi connectivity index (χ3n) is 5.43. The maximum atomic E-state index is 12.9. The minimum Gasteiger partial charge on any atom is -0.496 e. The van der Waals surface area contributed by atoms with Gasteiger partial charge in [-0.2, -0.15) is 4.31 Å². The second-order valence-electron chi connectivity index (χ2n) is 7.78. The Morgan fingerprint density at radius 1 is 1.15 bits per heavy atom. The van der Waals surface area contributed by atoms with E-state index >= 15 is 0 Å². The number of anilines is 1. The van der Waals surface area contributed by atoms with Crippen molar-refractivity contribution in [2.75, 3.05) is 25.5 Å². The van der Waals surface area contributed by atoms with E-state index in [-0.39, 0.29) is 17.2 Å². The lowest BCUT2D eigenvalue weighted by atomic mass is 10.1. The summed E-state index contributed by atoms with van der Waals surface area (Å²) in [6, 6.07) is 14.9. The second kappa shape index (κ2) is 11.3. The van der Waals surface area contributed by atoms with Crippen LogP contribution in [0.5, 0.6) is 5.75 Å². The first-order chi connectivity index (χ1) is 16.5. The van der Waals surface area contributed by atoms with Crippen LogP contribution in [0.15, 0.2) is 57.8 Å². The third kappa shape index (κ3) is 6.15. The number of benzene rings is 2. The van der Waals surface area contributed by atoms with Gasteiger partial charge in [-0.3, -0.25) is 4.79 Å². The second-order valence-corrected chi connectivity index (χ2v) is 11.9. The Morgan fingerprint density at radius 3 is 2.65 bits per heavy atom. The third-order valence-corrected chi connectivity index (χ3v) is 9.37. The zero-order chi connectivity index (χ0) is 24.0. The van der Waals surface area contributed by atoms with Crippen molar-refractivity contribution < 1.29 is 17.9 Å². The van der Waals surface area contributed by atoms with Crippen molar-refractivity contribution in [3.05, 3.63) is 59.7 Å². The summed E-state index contributed by atoms with van der Waals surface area (Å²) in [5.41, 5.74) is 1.87. The van der Waals surface area contributed by atoms with E-state index in [1.165, 1.54) is 28.3 Å².